The van der Waals surface area contributed by atoms with Crippen LogP contribution in [0.3, 0.4) is 0 Å². The van der Waals surface area contributed by atoms with Gasteiger partial charge in [0.1, 0.15) is 5.78 Å². The summed E-state index contributed by atoms with van der Waals surface area (Å²) in [5.41, 5.74) is 2.74. The number of nitrogens with zero attached hydrogens (tertiary/aromatic N) is 2. The van der Waals surface area contributed by atoms with E-state index in [0.29, 0.717) is 0 Å². The Morgan fingerprint density at radius 3 is 2.50 bits per heavy atom. The summed E-state index contributed by atoms with van der Waals surface area (Å²) in [6, 6.07) is 0. The molecule has 3 heteroatoms. The van der Waals surface area contributed by atoms with E-state index in [-0.39, 0.29) is 11.7 Å². The first-order chi connectivity index (χ1) is 11.5. The molecule has 1 fully saturated rings. The molecule has 2 unspecified atom stereocenters. The van der Waals surface area contributed by atoms with E-state index in [2.05, 4.69) is 54.9 Å². The average Bonchev–Trinajstić information content (AvgIpc) is 2.55. The number of ketones is 1. The summed E-state index contributed by atoms with van der Waals surface area (Å²) in [6.45, 7) is 14.1. The van der Waals surface area contributed by atoms with E-state index in [4.69, 9.17) is 0 Å². The number of rotatable bonds is 7. The second-order valence-electron chi connectivity index (χ2n) is 7.69. The van der Waals surface area contributed by atoms with Gasteiger partial charge in [-0.2, -0.15) is 0 Å². The van der Waals surface area contributed by atoms with Crippen LogP contribution in [-0.4, -0.2) is 48.3 Å². The minimum atomic E-state index is 0.0942. The van der Waals surface area contributed by atoms with Crippen LogP contribution in [0, 0.1) is 11.8 Å². The third-order valence-electron chi connectivity index (χ3n) is 5.12. The van der Waals surface area contributed by atoms with Crippen molar-refractivity contribution in [1.82, 2.24) is 9.80 Å². The average molecular weight is 331 g/mol. The molecule has 0 amide bonds. The van der Waals surface area contributed by atoms with Gasteiger partial charge >= 0.3 is 0 Å². The van der Waals surface area contributed by atoms with Crippen LogP contribution in [0.15, 0.2) is 35.6 Å². The van der Waals surface area contributed by atoms with Gasteiger partial charge in [-0.25, -0.2) is 0 Å². The molecule has 1 aliphatic carbocycles. The number of piperazine rings is 1. The lowest BCUT2D eigenvalue weighted by Gasteiger charge is -2.38. The summed E-state index contributed by atoms with van der Waals surface area (Å²) in [4.78, 5) is 16.5. The van der Waals surface area contributed by atoms with Crippen molar-refractivity contribution in [2.75, 3.05) is 32.7 Å². The van der Waals surface area contributed by atoms with Gasteiger partial charge in [0.2, 0.25) is 0 Å². The van der Waals surface area contributed by atoms with E-state index < -0.39 is 0 Å². The molecule has 0 spiro atoms. The van der Waals surface area contributed by atoms with Crippen molar-refractivity contribution >= 4 is 5.78 Å². The smallest absolute Gasteiger partial charge is 0.136 e. The number of hydrogen-bond acceptors (Lipinski definition) is 3. The molecule has 0 aromatic heterocycles. The molecule has 2 aliphatic rings. The predicted octanol–water partition coefficient (Wildman–Crippen LogP) is 4.04. The summed E-state index contributed by atoms with van der Waals surface area (Å²) in [5, 5.41) is 0. The first kappa shape index (κ1) is 19.0. The lowest BCUT2D eigenvalue weighted by molar-refractivity contribution is -0.119. The molecule has 0 aromatic rings. The maximum atomic E-state index is 11.4. The van der Waals surface area contributed by atoms with Crippen molar-refractivity contribution in [3.05, 3.63) is 35.6 Å². The van der Waals surface area contributed by atoms with Gasteiger partial charge in [-0.15, -0.1) is 0 Å². The minimum Gasteiger partial charge on any atom is -0.369 e. The van der Waals surface area contributed by atoms with Crippen LogP contribution < -0.4 is 0 Å². The lowest BCUT2D eigenvalue weighted by Crippen LogP contribution is -2.47. The number of hydrogen-bond donors (Lipinski definition) is 0. The second kappa shape index (κ2) is 9.22. The van der Waals surface area contributed by atoms with Crippen LogP contribution in [-0.2, 0) is 4.79 Å². The van der Waals surface area contributed by atoms with Crippen LogP contribution in [0.1, 0.15) is 47.0 Å². The molecular formula is C21H34N2O. The van der Waals surface area contributed by atoms with Gasteiger partial charge in [0, 0.05) is 44.3 Å². The Morgan fingerprint density at radius 2 is 1.96 bits per heavy atom. The van der Waals surface area contributed by atoms with Crippen LogP contribution in [0.4, 0.5) is 0 Å². The van der Waals surface area contributed by atoms with Gasteiger partial charge in [-0.3, -0.25) is 9.69 Å². The van der Waals surface area contributed by atoms with Gasteiger partial charge in [0.15, 0.2) is 0 Å². The Morgan fingerprint density at radius 1 is 1.25 bits per heavy atom. The van der Waals surface area contributed by atoms with Gasteiger partial charge in [0.05, 0.1) is 0 Å². The van der Waals surface area contributed by atoms with Crippen LogP contribution >= 0.6 is 0 Å². The fourth-order valence-electron chi connectivity index (χ4n) is 3.52. The first-order valence-electron chi connectivity index (χ1n) is 9.45. The standard InChI is InChI=1S/C21H34N2O/c1-17(2)6-5-7-18(3)16-22-12-14-23(15-13-22)21-10-8-20(9-11-21)19(4)24/h6,8,10-11,18,20H,5,7,9,12-16H2,1-4H3. The molecule has 0 radical (unpaired) electrons. The number of allylic oxidation sites excluding steroid dienone is 5. The fourth-order valence-corrected chi connectivity index (χ4v) is 3.52. The van der Waals surface area contributed by atoms with Crippen molar-refractivity contribution in [2.45, 2.75) is 47.0 Å². The summed E-state index contributed by atoms with van der Waals surface area (Å²) < 4.78 is 0. The van der Waals surface area contributed by atoms with Gasteiger partial charge < -0.3 is 4.90 Å². The molecule has 0 N–H and O–H groups in total. The van der Waals surface area contributed by atoms with E-state index in [0.717, 1.165) is 38.5 Å². The van der Waals surface area contributed by atoms with Crippen molar-refractivity contribution in [3.8, 4) is 0 Å². The second-order valence-corrected chi connectivity index (χ2v) is 7.69. The third-order valence-corrected chi connectivity index (χ3v) is 5.12. The molecule has 24 heavy (non-hydrogen) atoms. The van der Waals surface area contributed by atoms with E-state index in [1.807, 2.05) is 0 Å². The predicted molar refractivity (Wildman–Crippen MR) is 102 cm³/mol. The number of carbonyl (C=O) groups is 1. The van der Waals surface area contributed by atoms with Crippen LogP contribution in [0.2, 0.25) is 0 Å². The van der Waals surface area contributed by atoms with Crippen LogP contribution in [0.25, 0.3) is 0 Å². The van der Waals surface area contributed by atoms with E-state index in [1.54, 1.807) is 6.92 Å². The largest absolute Gasteiger partial charge is 0.369 e. The molecule has 3 nitrogen and oxygen atoms in total. The highest BCUT2D eigenvalue weighted by Gasteiger charge is 2.21. The SMILES string of the molecule is CC(=O)C1C=CC(N2CCN(CC(C)CCC=C(C)C)CC2)=CC1. The highest BCUT2D eigenvalue weighted by molar-refractivity contribution is 5.80. The summed E-state index contributed by atoms with van der Waals surface area (Å²) in [5.74, 6) is 1.13. The summed E-state index contributed by atoms with van der Waals surface area (Å²) >= 11 is 0. The molecule has 2 atom stereocenters. The monoisotopic (exact) mass is 330 g/mol. The molecule has 0 bridgehead atoms. The summed E-state index contributed by atoms with van der Waals surface area (Å²) in [7, 11) is 0. The molecule has 1 aliphatic heterocycles. The Labute approximate surface area is 148 Å². The number of Topliss-reactive ketones (excluding diaryl/α,β-unsaturated/α-hetero) is 1. The Bertz CT molecular complexity index is 506. The van der Waals surface area contributed by atoms with Crippen molar-refractivity contribution in [1.29, 1.82) is 0 Å². The molecule has 1 heterocycles. The summed E-state index contributed by atoms with van der Waals surface area (Å²) in [6.07, 6.45) is 12.2. The Balaban J connectivity index is 1.71. The number of carbonyl (C=O) groups excluding carboxylic acids is 1. The van der Waals surface area contributed by atoms with E-state index in [1.165, 1.54) is 30.7 Å². The zero-order chi connectivity index (χ0) is 17.5. The fraction of sp³-hybridized carbons (Fsp3) is 0.667. The zero-order valence-corrected chi connectivity index (χ0v) is 15.9. The Kier molecular flexibility index (Phi) is 7.29. The zero-order valence-electron chi connectivity index (χ0n) is 15.9. The minimum absolute atomic E-state index is 0.0942. The van der Waals surface area contributed by atoms with Gasteiger partial charge in [-0.05, 0) is 52.0 Å². The van der Waals surface area contributed by atoms with Gasteiger partial charge in [-0.1, -0.05) is 30.7 Å². The normalized spacial score (nSPS) is 22.9. The Hall–Kier alpha value is -1.35. The molecule has 0 aromatic carbocycles. The first-order valence-corrected chi connectivity index (χ1v) is 9.45. The van der Waals surface area contributed by atoms with Crippen LogP contribution in [0.5, 0.6) is 0 Å². The lowest BCUT2D eigenvalue weighted by atomic mass is 9.95. The van der Waals surface area contributed by atoms with E-state index in [9.17, 15) is 4.79 Å². The van der Waals surface area contributed by atoms with Crippen molar-refractivity contribution < 1.29 is 4.79 Å². The highest BCUT2D eigenvalue weighted by atomic mass is 16.1. The maximum absolute atomic E-state index is 11.4. The third kappa shape index (κ3) is 5.94. The topological polar surface area (TPSA) is 23.6 Å². The molecule has 1 saturated heterocycles. The molecule has 2 rings (SSSR count). The maximum Gasteiger partial charge on any atom is 0.136 e. The van der Waals surface area contributed by atoms with Crippen molar-refractivity contribution in [3.63, 3.8) is 0 Å². The highest BCUT2D eigenvalue weighted by Crippen LogP contribution is 2.21. The van der Waals surface area contributed by atoms with Crippen molar-refractivity contribution in [2.24, 2.45) is 11.8 Å². The van der Waals surface area contributed by atoms with E-state index >= 15 is 0 Å². The van der Waals surface area contributed by atoms with Gasteiger partial charge in [0.25, 0.3) is 0 Å². The molecule has 134 valence electrons. The molecule has 0 saturated carbocycles. The molecular weight excluding hydrogens is 296 g/mol. The quantitative estimate of drug-likeness (QED) is 0.658.